The molecule has 0 radical (unpaired) electrons. The molecule has 0 saturated heterocycles. The summed E-state index contributed by atoms with van der Waals surface area (Å²) < 4.78 is 0. The van der Waals surface area contributed by atoms with E-state index in [4.69, 9.17) is 0 Å². The summed E-state index contributed by atoms with van der Waals surface area (Å²) in [7, 11) is 0. The van der Waals surface area contributed by atoms with Crippen LogP contribution in [0.25, 0.3) is 10.9 Å². The Hall–Kier alpha value is -1.84. The number of aromatic nitrogens is 2. The van der Waals surface area contributed by atoms with Crippen LogP contribution in [0.2, 0.25) is 0 Å². The fourth-order valence-electron chi connectivity index (χ4n) is 1.77. The number of rotatable bonds is 3. The van der Waals surface area contributed by atoms with Gasteiger partial charge in [-0.05, 0) is 32.0 Å². The quantitative estimate of drug-likeness (QED) is 0.855. The van der Waals surface area contributed by atoms with E-state index in [1.807, 2.05) is 32.0 Å². The normalized spacial score (nSPS) is 10.6. The van der Waals surface area contributed by atoms with Gasteiger partial charge in [-0.25, -0.2) is 0 Å². The SMILES string of the molecule is CCN(CC)C(=O)c1ccc2[nH]ncc2c1. The molecule has 0 aliphatic carbocycles. The first-order valence-electron chi connectivity index (χ1n) is 5.48. The second-order valence-corrected chi connectivity index (χ2v) is 3.65. The molecule has 0 bridgehead atoms. The monoisotopic (exact) mass is 217 g/mol. The average Bonchev–Trinajstić information content (AvgIpc) is 2.77. The molecular weight excluding hydrogens is 202 g/mol. The lowest BCUT2D eigenvalue weighted by molar-refractivity contribution is 0.0773. The number of hydrogen-bond donors (Lipinski definition) is 1. The van der Waals surface area contributed by atoms with Crippen LogP contribution in [0.4, 0.5) is 0 Å². The molecule has 0 aliphatic heterocycles. The van der Waals surface area contributed by atoms with Crippen molar-refractivity contribution in [2.45, 2.75) is 13.8 Å². The van der Waals surface area contributed by atoms with E-state index >= 15 is 0 Å². The van der Waals surface area contributed by atoms with Crippen LogP contribution in [0.15, 0.2) is 24.4 Å². The number of H-pyrrole nitrogens is 1. The number of carbonyl (C=O) groups is 1. The predicted octanol–water partition coefficient (Wildman–Crippen LogP) is 2.04. The Morgan fingerprint density at radius 2 is 2.12 bits per heavy atom. The van der Waals surface area contributed by atoms with Crippen LogP contribution in [0.1, 0.15) is 24.2 Å². The minimum absolute atomic E-state index is 0.0769. The van der Waals surface area contributed by atoms with Gasteiger partial charge < -0.3 is 4.90 Å². The van der Waals surface area contributed by atoms with E-state index in [2.05, 4.69) is 10.2 Å². The fourth-order valence-corrected chi connectivity index (χ4v) is 1.77. The highest BCUT2D eigenvalue weighted by atomic mass is 16.2. The molecule has 1 aromatic heterocycles. The molecule has 0 fully saturated rings. The Kier molecular flexibility index (Phi) is 2.90. The molecule has 0 saturated carbocycles. The second-order valence-electron chi connectivity index (χ2n) is 3.65. The second kappa shape index (κ2) is 4.35. The maximum atomic E-state index is 12.1. The van der Waals surface area contributed by atoms with Crippen molar-refractivity contribution >= 4 is 16.8 Å². The third-order valence-corrected chi connectivity index (χ3v) is 2.74. The van der Waals surface area contributed by atoms with Crippen molar-refractivity contribution in [3.63, 3.8) is 0 Å². The molecule has 1 aromatic carbocycles. The van der Waals surface area contributed by atoms with E-state index < -0.39 is 0 Å². The van der Waals surface area contributed by atoms with Crippen LogP contribution >= 0.6 is 0 Å². The molecule has 0 aliphatic rings. The van der Waals surface area contributed by atoms with E-state index in [1.165, 1.54) is 0 Å². The Morgan fingerprint density at radius 1 is 1.38 bits per heavy atom. The molecule has 0 unspecified atom stereocenters. The van der Waals surface area contributed by atoms with Gasteiger partial charge in [0, 0.05) is 24.0 Å². The first-order chi connectivity index (χ1) is 7.76. The van der Waals surface area contributed by atoms with Crippen LogP contribution in [-0.2, 0) is 0 Å². The number of fused-ring (bicyclic) bond motifs is 1. The smallest absolute Gasteiger partial charge is 0.253 e. The summed E-state index contributed by atoms with van der Waals surface area (Å²) in [5.74, 6) is 0.0769. The highest BCUT2D eigenvalue weighted by Gasteiger charge is 2.12. The molecule has 84 valence electrons. The molecule has 0 spiro atoms. The fraction of sp³-hybridized carbons (Fsp3) is 0.333. The summed E-state index contributed by atoms with van der Waals surface area (Å²) in [5, 5.41) is 7.78. The summed E-state index contributed by atoms with van der Waals surface area (Å²) in [5.41, 5.74) is 1.67. The van der Waals surface area contributed by atoms with Crippen LogP contribution in [0.5, 0.6) is 0 Å². The lowest BCUT2D eigenvalue weighted by Gasteiger charge is -2.18. The highest BCUT2D eigenvalue weighted by Crippen LogP contribution is 2.14. The first kappa shape index (κ1) is 10.7. The minimum Gasteiger partial charge on any atom is -0.339 e. The number of nitrogens with one attached hydrogen (secondary N) is 1. The van der Waals surface area contributed by atoms with Crippen LogP contribution < -0.4 is 0 Å². The number of aromatic amines is 1. The third-order valence-electron chi connectivity index (χ3n) is 2.74. The van der Waals surface area contributed by atoms with E-state index in [0.29, 0.717) is 0 Å². The molecule has 16 heavy (non-hydrogen) atoms. The van der Waals surface area contributed by atoms with Gasteiger partial charge in [0.2, 0.25) is 0 Å². The van der Waals surface area contributed by atoms with E-state index in [0.717, 1.165) is 29.6 Å². The standard InChI is InChI=1S/C12H15N3O/c1-3-15(4-2)12(16)9-5-6-11-10(7-9)8-13-14-11/h5-8H,3-4H2,1-2H3,(H,13,14). The summed E-state index contributed by atoms with van der Waals surface area (Å²) in [6, 6.07) is 5.60. The molecule has 2 rings (SSSR count). The van der Waals surface area contributed by atoms with Crippen molar-refractivity contribution < 1.29 is 4.79 Å². The number of hydrogen-bond acceptors (Lipinski definition) is 2. The van der Waals surface area contributed by atoms with Crippen LogP contribution in [0.3, 0.4) is 0 Å². The first-order valence-corrected chi connectivity index (χ1v) is 5.48. The van der Waals surface area contributed by atoms with Gasteiger partial charge >= 0.3 is 0 Å². The van der Waals surface area contributed by atoms with Gasteiger partial charge in [-0.1, -0.05) is 0 Å². The van der Waals surface area contributed by atoms with Gasteiger partial charge in [0.25, 0.3) is 5.91 Å². The number of benzene rings is 1. The number of carbonyl (C=O) groups excluding carboxylic acids is 1. The lowest BCUT2D eigenvalue weighted by Crippen LogP contribution is -2.30. The Labute approximate surface area is 94.3 Å². The van der Waals surface area contributed by atoms with E-state index in [1.54, 1.807) is 11.1 Å². The largest absolute Gasteiger partial charge is 0.339 e. The Bertz CT molecular complexity index is 500. The minimum atomic E-state index is 0.0769. The molecular formula is C12H15N3O. The summed E-state index contributed by atoms with van der Waals surface area (Å²) in [6.45, 7) is 5.44. The summed E-state index contributed by atoms with van der Waals surface area (Å²) in [4.78, 5) is 13.9. The summed E-state index contributed by atoms with van der Waals surface area (Å²) >= 11 is 0. The van der Waals surface area contributed by atoms with Gasteiger partial charge in [-0.2, -0.15) is 5.10 Å². The Morgan fingerprint density at radius 3 is 2.81 bits per heavy atom. The van der Waals surface area contributed by atoms with Gasteiger partial charge in [0.15, 0.2) is 0 Å². The molecule has 4 heteroatoms. The topological polar surface area (TPSA) is 49.0 Å². The zero-order chi connectivity index (χ0) is 11.5. The molecule has 1 amide bonds. The van der Waals surface area contributed by atoms with Crippen LogP contribution in [0, 0.1) is 0 Å². The van der Waals surface area contributed by atoms with E-state index in [9.17, 15) is 4.79 Å². The maximum Gasteiger partial charge on any atom is 0.253 e. The molecule has 2 aromatic rings. The van der Waals surface area contributed by atoms with Crippen molar-refractivity contribution in [2.24, 2.45) is 0 Å². The van der Waals surface area contributed by atoms with Crippen molar-refractivity contribution in [3.8, 4) is 0 Å². The number of nitrogens with zero attached hydrogens (tertiary/aromatic N) is 2. The molecule has 1 N–H and O–H groups in total. The maximum absolute atomic E-state index is 12.1. The third kappa shape index (κ3) is 1.78. The molecule has 0 atom stereocenters. The Balaban J connectivity index is 2.35. The zero-order valence-corrected chi connectivity index (χ0v) is 9.53. The lowest BCUT2D eigenvalue weighted by atomic mass is 10.1. The van der Waals surface area contributed by atoms with Gasteiger partial charge in [0.1, 0.15) is 0 Å². The molecule has 4 nitrogen and oxygen atoms in total. The zero-order valence-electron chi connectivity index (χ0n) is 9.53. The van der Waals surface area contributed by atoms with Crippen molar-refractivity contribution in [1.82, 2.24) is 15.1 Å². The average molecular weight is 217 g/mol. The van der Waals surface area contributed by atoms with Crippen molar-refractivity contribution in [3.05, 3.63) is 30.0 Å². The van der Waals surface area contributed by atoms with Gasteiger partial charge in [-0.15, -0.1) is 0 Å². The van der Waals surface area contributed by atoms with Gasteiger partial charge in [0.05, 0.1) is 11.7 Å². The predicted molar refractivity (Wildman–Crippen MR) is 63.3 cm³/mol. The van der Waals surface area contributed by atoms with Crippen molar-refractivity contribution in [2.75, 3.05) is 13.1 Å². The number of amides is 1. The van der Waals surface area contributed by atoms with Crippen LogP contribution in [-0.4, -0.2) is 34.1 Å². The van der Waals surface area contributed by atoms with Gasteiger partial charge in [-0.3, -0.25) is 9.89 Å². The highest BCUT2D eigenvalue weighted by molar-refractivity contribution is 5.97. The van der Waals surface area contributed by atoms with E-state index in [-0.39, 0.29) is 5.91 Å². The van der Waals surface area contributed by atoms with Crippen molar-refractivity contribution in [1.29, 1.82) is 0 Å². The summed E-state index contributed by atoms with van der Waals surface area (Å²) in [6.07, 6.45) is 1.73. The molecule has 1 heterocycles.